The van der Waals surface area contributed by atoms with Crippen LogP contribution in [-0.2, 0) is 4.79 Å². The smallest absolute Gasteiger partial charge is 0.240 e. The van der Waals surface area contributed by atoms with E-state index in [9.17, 15) is 4.79 Å². The van der Waals surface area contributed by atoms with E-state index in [2.05, 4.69) is 11.4 Å². The molecule has 0 atom stereocenters. The maximum absolute atomic E-state index is 11.2. The van der Waals surface area contributed by atoms with Crippen LogP contribution in [0.25, 0.3) is 0 Å². The van der Waals surface area contributed by atoms with Crippen LogP contribution in [-0.4, -0.2) is 13.0 Å². The molecule has 0 saturated heterocycles. The number of nitrogens with one attached hydrogen (secondary N) is 1. The number of nitriles is 1. The van der Waals surface area contributed by atoms with Crippen molar-refractivity contribution in [3.63, 3.8) is 0 Å². The summed E-state index contributed by atoms with van der Waals surface area (Å²) >= 11 is 0. The van der Waals surface area contributed by atoms with Gasteiger partial charge in [-0.1, -0.05) is 12.8 Å². The Labute approximate surface area is 66.4 Å². The van der Waals surface area contributed by atoms with Gasteiger partial charge in [-0.25, -0.2) is 0 Å². The van der Waals surface area contributed by atoms with Gasteiger partial charge in [0.25, 0.3) is 0 Å². The maximum Gasteiger partial charge on any atom is 0.240 e. The topological polar surface area (TPSA) is 52.9 Å². The summed E-state index contributed by atoms with van der Waals surface area (Å²) in [6, 6.07) is 2.12. The van der Waals surface area contributed by atoms with E-state index in [0.717, 1.165) is 25.7 Å². The van der Waals surface area contributed by atoms with Crippen LogP contribution in [0, 0.1) is 16.7 Å². The third-order valence-electron chi connectivity index (χ3n) is 2.33. The summed E-state index contributed by atoms with van der Waals surface area (Å²) in [6.07, 6.45) is 3.45. The second kappa shape index (κ2) is 2.91. The average molecular weight is 152 g/mol. The van der Waals surface area contributed by atoms with Gasteiger partial charge in [0.05, 0.1) is 6.07 Å². The van der Waals surface area contributed by atoms with E-state index >= 15 is 0 Å². The third-order valence-corrected chi connectivity index (χ3v) is 2.33. The summed E-state index contributed by atoms with van der Waals surface area (Å²) in [4.78, 5) is 11.2. The summed E-state index contributed by atoms with van der Waals surface area (Å²) < 4.78 is 0. The Morgan fingerprint density at radius 1 is 1.55 bits per heavy atom. The van der Waals surface area contributed by atoms with Crippen molar-refractivity contribution < 1.29 is 4.79 Å². The molecular weight excluding hydrogens is 140 g/mol. The van der Waals surface area contributed by atoms with Gasteiger partial charge in [-0.05, 0) is 12.8 Å². The highest BCUT2D eigenvalue weighted by Gasteiger charge is 2.40. The number of nitrogens with zero attached hydrogens (tertiary/aromatic N) is 1. The van der Waals surface area contributed by atoms with Gasteiger partial charge < -0.3 is 5.32 Å². The van der Waals surface area contributed by atoms with Gasteiger partial charge in [0.15, 0.2) is 0 Å². The van der Waals surface area contributed by atoms with Crippen molar-refractivity contribution in [2.45, 2.75) is 25.7 Å². The summed E-state index contributed by atoms with van der Waals surface area (Å²) in [6.45, 7) is 0. The fourth-order valence-electron chi connectivity index (χ4n) is 1.61. The molecule has 1 N–H and O–H groups in total. The Hall–Kier alpha value is -1.04. The number of amides is 1. The zero-order chi connectivity index (χ0) is 8.32. The van der Waals surface area contributed by atoms with Gasteiger partial charge in [-0.3, -0.25) is 4.79 Å². The Kier molecular flexibility index (Phi) is 2.13. The largest absolute Gasteiger partial charge is 0.358 e. The Morgan fingerprint density at radius 2 is 2.09 bits per heavy atom. The van der Waals surface area contributed by atoms with Crippen molar-refractivity contribution in [1.82, 2.24) is 5.32 Å². The Balaban J connectivity index is 2.76. The van der Waals surface area contributed by atoms with Gasteiger partial charge in [0, 0.05) is 7.05 Å². The van der Waals surface area contributed by atoms with Crippen molar-refractivity contribution in [1.29, 1.82) is 5.26 Å². The summed E-state index contributed by atoms with van der Waals surface area (Å²) in [5.74, 6) is -0.113. The monoisotopic (exact) mass is 152 g/mol. The van der Waals surface area contributed by atoms with Gasteiger partial charge >= 0.3 is 0 Å². The predicted molar refractivity (Wildman–Crippen MR) is 40.6 cm³/mol. The quantitative estimate of drug-likeness (QED) is 0.604. The SMILES string of the molecule is CNC(=O)C1(C#N)CCCC1. The van der Waals surface area contributed by atoms with E-state index in [-0.39, 0.29) is 5.91 Å². The van der Waals surface area contributed by atoms with E-state index in [0.29, 0.717) is 0 Å². The molecule has 1 amide bonds. The second-order valence-electron chi connectivity index (χ2n) is 2.98. The molecular formula is C8H12N2O. The van der Waals surface area contributed by atoms with Gasteiger partial charge in [-0.15, -0.1) is 0 Å². The highest BCUT2D eigenvalue weighted by Crippen LogP contribution is 2.37. The fraction of sp³-hybridized carbons (Fsp3) is 0.750. The molecule has 0 bridgehead atoms. The van der Waals surface area contributed by atoms with Crippen molar-refractivity contribution in [3.05, 3.63) is 0 Å². The molecule has 3 heteroatoms. The molecule has 0 aromatic heterocycles. The average Bonchev–Trinajstić information content (AvgIpc) is 2.52. The van der Waals surface area contributed by atoms with Crippen LogP contribution in [0.2, 0.25) is 0 Å². The van der Waals surface area contributed by atoms with Crippen LogP contribution in [0.3, 0.4) is 0 Å². The van der Waals surface area contributed by atoms with E-state index in [4.69, 9.17) is 5.26 Å². The lowest BCUT2D eigenvalue weighted by Crippen LogP contribution is -2.35. The van der Waals surface area contributed by atoms with Crippen LogP contribution in [0.15, 0.2) is 0 Å². The minimum Gasteiger partial charge on any atom is -0.358 e. The van der Waals surface area contributed by atoms with Gasteiger partial charge in [-0.2, -0.15) is 5.26 Å². The summed E-state index contributed by atoms with van der Waals surface area (Å²) in [7, 11) is 1.58. The number of carbonyl (C=O) groups excluding carboxylic acids is 1. The standard InChI is InChI=1S/C8H12N2O/c1-10-7(11)8(6-9)4-2-3-5-8/h2-5H2,1H3,(H,10,11). The highest BCUT2D eigenvalue weighted by atomic mass is 16.2. The van der Waals surface area contributed by atoms with Crippen molar-refractivity contribution >= 4 is 5.91 Å². The first-order valence-electron chi connectivity index (χ1n) is 3.88. The van der Waals surface area contributed by atoms with Crippen LogP contribution in [0.4, 0.5) is 0 Å². The molecule has 0 heterocycles. The molecule has 1 rings (SSSR count). The maximum atomic E-state index is 11.2. The van der Waals surface area contributed by atoms with Gasteiger partial charge in [0.2, 0.25) is 5.91 Å². The second-order valence-corrected chi connectivity index (χ2v) is 2.98. The lowest BCUT2D eigenvalue weighted by molar-refractivity contribution is -0.127. The summed E-state index contributed by atoms with van der Waals surface area (Å²) in [5, 5.41) is 11.3. The molecule has 0 aromatic rings. The Bertz CT molecular complexity index is 199. The predicted octanol–water partition coefficient (Wildman–Crippen LogP) is 0.816. The molecule has 11 heavy (non-hydrogen) atoms. The third kappa shape index (κ3) is 1.21. The first-order chi connectivity index (χ1) is 5.25. The first-order valence-corrected chi connectivity index (χ1v) is 3.88. The molecule has 60 valence electrons. The zero-order valence-electron chi connectivity index (χ0n) is 6.68. The van der Waals surface area contributed by atoms with Crippen LogP contribution in [0.1, 0.15) is 25.7 Å². The Morgan fingerprint density at radius 3 is 2.45 bits per heavy atom. The lowest BCUT2D eigenvalue weighted by atomic mass is 9.87. The molecule has 1 aliphatic carbocycles. The van der Waals surface area contributed by atoms with Crippen LogP contribution >= 0.6 is 0 Å². The molecule has 0 aromatic carbocycles. The molecule has 0 radical (unpaired) electrons. The zero-order valence-corrected chi connectivity index (χ0v) is 6.68. The van der Waals surface area contributed by atoms with Crippen molar-refractivity contribution in [2.24, 2.45) is 5.41 Å². The minimum atomic E-state index is -0.700. The highest BCUT2D eigenvalue weighted by molar-refractivity contribution is 5.85. The van der Waals surface area contributed by atoms with E-state index in [1.54, 1.807) is 7.05 Å². The fourth-order valence-corrected chi connectivity index (χ4v) is 1.61. The molecule has 1 saturated carbocycles. The van der Waals surface area contributed by atoms with Crippen molar-refractivity contribution in [3.8, 4) is 6.07 Å². The molecule has 1 fully saturated rings. The van der Waals surface area contributed by atoms with Crippen LogP contribution < -0.4 is 5.32 Å². The van der Waals surface area contributed by atoms with Crippen molar-refractivity contribution in [2.75, 3.05) is 7.05 Å². The molecule has 3 nitrogen and oxygen atoms in total. The minimum absolute atomic E-state index is 0.113. The molecule has 0 aliphatic heterocycles. The normalized spacial score (nSPS) is 20.7. The first kappa shape index (κ1) is 8.06. The number of rotatable bonds is 1. The number of hydrogen-bond donors (Lipinski definition) is 1. The molecule has 0 unspecified atom stereocenters. The molecule has 1 aliphatic rings. The molecule has 0 spiro atoms. The van der Waals surface area contributed by atoms with E-state index in [1.165, 1.54) is 0 Å². The van der Waals surface area contributed by atoms with E-state index < -0.39 is 5.41 Å². The van der Waals surface area contributed by atoms with Gasteiger partial charge in [0.1, 0.15) is 5.41 Å². The van der Waals surface area contributed by atoms with Crippen LogP contribution in [0.5, 0.6) is 0 Å². The summed E-state index contributed by atoms with van der Waals surface area (Å²) in [5.41, 5.74) is -0.700. The lowest BCUT2D eigenvalue weighted by Gasteiger charge is -2.16. The number of hydrogen-bond acceptors (Lipinski definition) is 2. The number of carbonyl (C=O) groups is 1. The van der Waals surface area contributed by atoms with E-state index in [1.807, 2.05) is 0 Å².